The monoisotopic (exact) mass is 298 g/mol. The van der Waals surface area contributed by atoms with Gasteiger partial charge in [0.1, 0.15) is 11.6 Å². The van der Waals surface area contributed by atoms with Gasteiger partial charge >= 0.3 is 6.18 Å². The maximum atomic E-state index is 11.8. The van der Waals surface area contributed by atoms with E-state index in [9.17, 15) is 13.2 Å². The van der Waals surface area contributed by atoms with Crippen molar-refractivity contribution in [3.63, 3.8) is 0 Å². The molecule has 2 N–H and O–H groups in total. The first kappa shape index (κ1) is 15.8. The van der Waals surface area contributed by atoms with Crippen molar-refractivity contribution >= 4 is 23.4 Å². The van der Waals surface area contributed by atoms with Crippen LogP contribution in [0.1, 0.15) is 6.92 Å². The van der Waals surface area contributed by atoms with Crippen LogP contribution in [0.3, 0.4) is 0 Å². The number of nitrogens with one attached hydrogen (secondary N) is 2. The smallest absolute Gasteiger partial charge is 0.370 e. The van der Waals surface area contributed by atoms with E-state index in [1.165, 1.54) is 6.20 Å². The van der Waals surface area contributed by atoms with E-state index in [1.54, 1.807) is 0 Å². The average Bonchev–Trinajstić information content (AvgIpc) is 2.31. The summed E-state index contributed by atoms with van der Waals surface area (Å²) >= 11 is 5.85. The van der Waals surface area contributed by atoms with Gasteiger partial charge in [0.25, 0.3) is 0 Å². The van der Waals surface area contributed by atoms with Crippen LogP contribution < -0.4 is 10.6 Å². The minimum Gasteiger partial charge on any atom is -0.370 e. The van der Waals surface area contributed by atoms with E-state index in [1.807, 2.05) is 6.92 Å². The fraction of sp³-hybridized carbons (Fsp3) is 0.600. The molecule has 108 valence electrons. The van der Waals surface area contributed by atoms with Gasteiger partial charge in [-0.3, -0.25) is 0 Å². The van der Waals surface area contributed by atoms with Crippen LogP contribution in [-0.4, -0.2) is 42.4 Å². The lowest BCUT2D eigenvalue weighted by Crippen LogP contribution is -2.20. The number of aromatic nitrogens is 2. The molecular formula is C10H14ClF3N4O. The summed E-state index contributed by atoms with van der Waals surface area (Å²) in [5, 5.41) is 5.97. The van der Waals surface area contributed by atoms with Crippen molar-refractivity contribution in [2.24, 2.45) is 0 Å². The fourth-order valence-electron chi connectivity index (χ4n) is 1.16. The number of hydrogen-bond acceptors (Lipinski definition) is 5. The SMILES string of the molecule is CCNc1ncc(Cl)c(NCCOCC(F)(F)F)n1. The highest BCUT2D eigenvalue weighted by atomic mass is 35.5. The second kappa shape index (κ2) is 7.34. The quantitative estimate of drug-likeness (QED) is 0.758. The molecule has 0 unspecified atom stereocenters. The molecule has 1 aromatic rings. The van der Waals surface area contributed by atoms with Gasteiger partial charge < -0.3 is 15.4 Å². The third kappa shape index (κ3) is 6.44. The summed E-state index contributed by atoms with van der Waals surface area (Å²) in [7, 11) is 0. The average molecular weight is 299 g/mol. The Morgan fingerprint density at radius 3 is 2.74 bits per heavy atom. The summed E-state index contributed by atoms with van der Waals surface area (Å²) in [6, 6.07) is 0. The number of nitrogens with zero attached hydrogens (tertiary/aromatic N) is 2. The van der Waals surface area contributed by atoms with Gasteiger partial charge in [0.2, 0.25) is 5.95 Å². The van der Waals surface area contributed by atoms with E-state index >= 15 is 0 Å². The van der Waals surface area contributed by atoms with Gasteiger partial charge in [-0.15, -0.1) is 0 Å². The first-order valence-electron chi connectivity index (χ1n) is 5.57. The number of halogens is 4. The van der Waals surface area contributed by atoms with E-state index in [0.29, 0.717) is 18.3 Å². The number of hydrogen-bond donors (Lipinski definition) is 2. The zero-order valence-corrected chi connectivity index (χ0v) is 11.0. The Morgan fingerprint density at radius 1 is 1.37 bits per heavy atom. The number of alkyl halides is 3. The topological polar surface area (TPSA) is 59.1 Å². The minimum absolute atomic E-state index is 0.101. The molecule has 0 aromatic carbocycles. The second-order valence-corrected chi connectivity index (χ2v) is 3.92. The van der Waals surface area contributed by atoms with E-state index in [-0.39, 0.29) is 18.2 Å². The zero-order valence-electron chi connectivity index (χ0n) is 10.2. The highest BCUT2D eigenvalue weighted by molar-refractivity contribution is 6.32. The molecule has 1 heterocycles. The minimum atomic E-state index is -4.31. The molecule has 0 fully saturated rings. The zero-order chi connectivity index (χ0) is 14.3. The van der Waals surface area contributed by atoms with Gasteiger partial charge in [-0.05, 0) is 6.92 Å². The number of ether oxygens (including phenoxy) is 1. The first-order chi connectivity index (χ1) is 8.92. The van der Waals surface area contributed by atoms with Gasteiger partial charge in [0.05, 0.1) is 12.8 Å². The fourth-order valence-corrected chi connectivity index (χ4v) is 1.32. The van der Waals surface area contributed by atoms with E-state index in [2.05, 4.69) is 25.3 Å². The molecule has 0 aliphatic rings. The van der Waals surface area contributed by atoms with Crippen molar-refractivity contribution in [3.8, 4) is 0 Å². The standard InChI is InChI=1S/C10H14ClF3N4O/c1-2-15-9-17-5-7(11)8(18-9)16-3-4-19-6-10(12,13)14/h5H,2-4,6H2,1H3,(H2,15,16,17,18). The molecule has 9 heteroatoms. The molecule has 0 radical (unpaired) electrons. The van der Waals surface area contributed by atoms with Crippen LogP contribution in [0.2, 0.25) is 5.02 Å². The normalized spacial score (nSPS) is 11.4. The van der Waals surface area contributed by atoms with E-state index < -0.39 is 12.8 Å². The summed E-state index contributed by atoms with van der Waals surface area (Å²) in [5.41, 5.74) is 0. The third-order valence-electron chi connectivity index (χ3n) is 1.88. The molecule has 0 aliphatic heterocycles. The predicted molar refractivity (Wildman–Crippen MR) is 66.6 cm³/mol. The molecule has 0 saturated heterocycles. The van der Waals surface area contributed by atoms with Crippen molar-refractivity contribution < 1.29 is 17.9 Å². The largest absolute Gasteiger partial charge is 0.411 e. The summed E-state index contributed by atoms with van der Waals surface area (Å²) < 4.78 is 39.9. The maximum Gasteiger partial charge on any atom is 0.411 e. The molecule has 1 aromatic heterocycles. The van der Waals surface area contributed by atoms with Crippen molar-refractivity contribution in [3.05, 3.63) is 11.2 Å². The Hall–Kier alpha value is -1.28. The van der Waals surface area contributed by atoms with Gasteiger partial charge in [-0.2, -0.15) is 18.2 Å². The van der Waals surface area contributed by atoms with Crippen molar-refractivity contribution in [2.45, 2.75) is 13.1 Å². The molecule has 0 amide bonds. The lowest BCUT2D eigenvalue weighted by atomic mass is 10.5. The first-order valence-corrected chi connectivity index (χ1v) is 5.95. The van der Waals surface area contributed by atoms with Crippen molar-refractivity contribution in [2.75, 3.05) is 36.9 Å². The lowest BCUT2D eigenvalue weighted by molar-refractivity contribution is -0.172. The van der Waals surface area contributed by atoms with Crippen LogP contribution in [0, 0.1) is 0 Å². The predicted octanol–water partition coefficient (Wildman–Crippen LogP) is 2.55. The number of anilines is 2. The Balaban J connectivity index is 2.38. The van der Waals surface area contributed by atoms with Crippen molar-refractivity contribution in [1.29, 1.82) is 0 Å². The Labute approximate surface area is 113 Å². The van der Waals surface area contributed by atoms with Crippen LogP contribution in [0.5, 0.6) is 0 Å². The van der Waals surface area contributed by atoms with E-state index in [0.717, 1.165) is 0 Å². The summed E-state index contributed by atoms with van der Waals surface area (Å²) in [4.78, 5) is 8.00. The van der Waals surface area contributed by atoms with Gasteiger partial charge in [-0.1, -0.05) is 11.6 Å². The molecule has 0 saturated carbocycles. The van der Waals surface area contributed by atoms with Crippen LogP contribution in [-0.2, 0) is 4.74 Å². The summed E-state index contributed by atoms with van der Waals surface area (Å²) in [6.45, 7) is 1.33. The van der Waals surface area contributed by atoms with Crippen LogP contribution in [0.4, 0.5) is 24.9 Å². The molecule has 0 bridgehead atoms. The molecule has 0 spiro atoms. The molecule has 0 aliphatic carbocycles. The molecule has 0 atom stereocenters. The summed E-state index contributed by atoms with van der Waals surface area (Å²) in [5.74, 6) is 0.744. The van der Waals surface area contributed by atoms with Crippen molar-refractivity contribution in [1.82, 2.24) is 9.97 Å². The highest BCUT2D eigenvalue weighted by Crippen LogP contribution is 2.19. The Bertz CT molecular complexity index is 403. The van der Waals surface area contributed by atoms with Gasteiger partial charge in [0, 0.05) is 13.1 Å². The Morgan fingerprint density at radius 2 is 2.11 bits per heavy atom. The summed E-state index contributed by atoms with van der Waals surface area (Å²) in [6.07, 6.45) is -2.91. The highest BCUT2D eigenvalue weighted by Gasteiger charge is 2.27. The molecular weight excluding hydrogens is 285 g/mol. The lowest BCUT2D eigenvalue weighted by Gasteiger charge is -2.10. The van der Waals surface area contributed by atoms with Gasteiger partial charge in [-0.25, -0.2) is 4.98 Å². The second-order valence-electron chi connectivity index (χ2n) is 3.52. The maximum absolute atomic E-state index is 11.8. The van der Waals surface area contributed by atoms with Crippen LogP contribution >= 0.6 is 11.6 Å². The van der Waals surface area contributed by atoms with E-state index in [4.69, 9.17) is 11.6 Å². The number of rotatable bonds is 7. The molecule has 5 nitrogen and oxygen atoms in total. The van der Waals surface area contributed by atoms with Gasteiger partial charge in [0.15, 0.2) is 5.82 Å². The Kier molecular flexibility index (Phi) is 6.10. The van der Waals surface area contributed by atoms with Crippen LogP contribution in [0.15, 0.2) is 6.20 Å². The van der Waals surface area contributed by atoms with Crippen LogP contribution in [0.25, 0.3) is 0 Å². The molecule has 19 heavy (non-hydrogen) atoms. The third-order valence-corrected chi connectivity index (χ3v) is 2.16. The molecule has 1 rings (SSSR count).